The quantitative estimate of drug-likeness (QED) is 0.00938. The number of fused-ring (bicyclic) bond motifs is 1. The molecule has 2 saturated carbocycles. The fourth-order valence-corrected chi connectivity index (χ4v) is 11.2. The Morgan fingerprint density at radius 3 is 1.45 bits per heavy atom. The first-order valence-corrected chi connectivity index (χ1v) is 31.0. The molecule has 0 bridgehead atoms. The van der Waals surface area contributed by atoms with Gasteiger partial charge in [0.1, 0.15) is 34.5 Å². The van der Waals surface area contributed by atoms with Gasteiger partial charge < -0.3 is 37.9 Å². The molecule has 1 aromatic heterocycles. The lowest BCUT2D eigenvalue weighted by atomic mass is 9.82. The number of para-hydroxylation sites is 1. The third-order valence-electron chi connectivity index (χ3n) is 15.2. The van der Waals surface area contributed by atoms with Gasteiger partial charge in [-0.25, -0.2) is 19.6 Å². The van der Waals surface area contributed by atoms with E-state index in [-0.39, 0.29) is 41.3 Å². The number of aromatic nitrogens is 1. The molecule has 0 saturated heterocycles. The third kappa shape index (κ3) is 21.0. The van der Waals surface area contributed by atoms with E-state index in [0.29, 0.717) is 106 Å². The second-order valence-corrected chi connectivity index (χ2v) is 22.5. The highest BCUT2D eigenvalue weighted by molar-refractivity contribution is 7.22. The first-order valence-electron chi connectivity index (χ1n) is 30.2. The summed E-state index contributed by atoms with van der Waals surface area (Å²) in [6, 6.07) is 26.8. The Balaban J connectivity index is 0.928. The number of hydrogen-bond acceptors (Lipinski definition) is 18. The van der Waals surface area contributed by atoms with Crippen LogP contribution in [0.25, 0.3) is 10.2 Å². The first kappa shape index (κ1) is 64.7. The van der Waals surface area contributed by atoms with E-state index in [4.69, 9.17) is 48.0 Å². The molecule has 0 aliphatic heterocycles. The Labute approximate surface area is 503 Å². The summed E-state index contributed by atoms with van der Waals surface area (Å²) < 4.78 is 46.5. The minimum Gasteiger partial charge on any atom is -0.494 e. The van der Waals surface area contributed by atoms with Crippen molar-refractivity contribution in [1.29, 1.82) is 0 Å². The molecule has 1 atom stereocenters. The van der Waals surface area contributed by atoms with Crippen LogP contribution in [-0.2, 0) is 38.2 Å². The smallest absolute Gasteiger partial charge is 0.330 e. The molecule has 0 spiro atoms. The highest BCUT2D eigenvalue weighted by Crippen LogP contribution is 2.36. The highest BCUT2D eigenvalue weighted by Gasteiger charge is 2.34. The van der Waals surface area contributed by atoms with Crippen LogP contribution in [-0.4, -0.2) is 79.5 Å². The molecule has 85 heavy (non-hydrogen) atoms. The SMILES string of the molecule is C=CC(=O)OCCCCCCOc1ccc(OC(=O)C2CCC(C(=O)Oc3ccc(OC(=O)C4CCC(C(=O)Oc5ccc(OCCCCCCOC(=O)C=C)cc5)CC4)c(C=NN(c4nc5ccccc5s4)C(CC)CCCC)c3)CC2)cc1. The molecule has 17 nitrogen and oxygen atoms in total. The van der Waals surface area contributed by atoms with Gasteiger partial charge in [0, 0.05) is 17.7 Å². The number of hydrogen-bond donors (Lipinski definition) is 0. The van der Waals surface area contributed by atoms with Crippen LogP contribution < -0.4 is 33.4 Å². The Bertz CT molecular complexity index is 2960. The number of hydrazone groups is 1. The van der Waals surface area contributed by atoms with Gasteiger partial charge in [0.2, 0.25) is 5.13 Å². The van der Waals surface area contributed by atoms with E-state index >= 15 is 0 Å². The van der Waals surface area contributed by atoms with Gasteiger partial charge in [-0.15, -0.1) is 0 Å². The molecular formula is C67H81N3O14S. The summed E-state index contributed by atoms with van der Waals surface area (Å²) in [6.07, 6.45) is 18.1. The average molecular weight is 1180 g/mol. The van der Waals surface area contributed by atoms with Gasteiger partial charge in [-0.3, -0.25) is 19.2 Å². The molecule has 2 aliphatic carbocycles. The largest absolute Gasteiger partial charge is 0.494 e. The zero-order chi connectivity index (χ0) is 60.2. The van der Waals surface area contributed by atoms with Gasteiger partial charge in [0.05, 0.1) is 72.6 Å². The lowest BCUT2D eigenvalue weighted by Crippen LogP contribution is -2.31. The van der Waals surface area contributed by atoms with Crippen molar-refractivity contribution in [3.63, 3.8) is 0 Å². The van der Waals surface area contributed by atoms with E-state index in [1.165, 1.54) is 0 Å². The standard InChI is InChI=1S/C67H81N3O14S/c1-5-9-20-52(6-2)70(67-69-58-21-14-15-22-60(58)85-67)68-46-51-45-57(83-65(75)49-25-23-47(24-26-49)63(73)81-55-35-31-53(32-36-55)77-41-16-10-12-18-43-79-61(71)7-3)39-40-59(51)84-66(76)50-29-27-48(28-30-50)64(74)82-56-37-33-54(34-38-56)78-42-17-11-13-19-44-80-62(72)8-4/h7-8,14-15,21-22,31-40,45-50,52H,3-6,9-13,16-20,23-30,41-44H2,1-2H3. The number of ether oxygens (including phenoxy) is 8. The van der Waals surface area contributed by atoms with Crippen molar-refractivity contribution in [1.82, 2.24) is 4.98 Å². The number of carbonyl (C=O) groups excluding carboxylic acids is 6. The molecule has 18 heteroatoms. The van der Waals surface area contributed by atoms with Gasteiger partial charge in [0.15, 0.2) is 0 Å². The van der Waals surface area contributed by atoms with Crippen LogP contribution >= 0.6 is 11.3 Å². The average Bonchev–Trinajstić information content (AvgIpc) is 4.08. The van der Waals surface area contributed by atoms with Gasteiger partial charge in [0.25, 0.3) is 0 Å². The Kier molecular flexibility index (Phi) is 26.5. The van der Waals surface area contributed by atoms with E-state index < -0.39 is 35.7 Å². The molecular weight excluding hydrogens is 1100 g/mol. The van der Waals surface area contributed by atoms with Crippen LogP contribution in [0, 0.1) is 23.7 Å². The van der Waals surface area contributed by atoms with Gasteiger partial charge in [-0.05, 0) is 194 Å². The molecule has 2 aliphatic rings. The molecule has 7 rings (SSSR count). The van der Waals surface area contributed by atoms with E-state index in [2.05, 4.69) is 27.0 Å². The molecule has 4 aromatic carbocycles. The molecule has 1 unspecified atom stereocenters. The minimum absolute atomic E-state index is 0.0228. The van der Waals surface area contributed by atoms with Crippen molar-refractivity contribution in [2.24, 2.45) is 28.8 Å². The molecule has 0 N–H and O–H groups in total. The van der Waals surface area contributed by atoms with Crippen molar-refractivity contribution in [2.45, 2.75) is 148 Å². The topological polar surface area (TPSA) is 205 Å². The lowest BCUT2D eigenvalue weighted by molar-refractivity contribution is -0.145. The maximum atomic E-state index is 14.0. The summed E-state index contributed by atoms with van der Waals surface area (Å²) in [6.45, 7) is 12.9. The summed E-state index contributed by atoms with van der Waals surface area (Å²) >= 11 is 1.55. The summed E-state index contributed by atoms with van der Waals surface area (Å²) in [5, 5.41) is 7.73. The normalized spacial score (nSPS) is 17.0. The van der Waals surface area contributed by atoms with Crippen molar-refractivity contribution >= 4 is 68.7 Å². The van der Waals surface area contributed by atoms with E-state index in [1.54, 1.807) is 84.3 Å². The van der Waals surface area contributed by atoms with Gasteiger partial charge in [-0.1, -0.05) is 63.3 Å². The van der Waals surface area contributed by atoms with Crippen LogP contribution in [0.5, 0.6) is 34.5 Å². The molecule has 0 radical (unpaired) electrons. The summed E-state index contributed by atoms with van der Waals surface area (Å²) in [7, 11) is 0. The number of unbranched alkanes of at least 4 members (excludes halogenated alkanes) is 7. The van der Waals surface area contributed by atoms with Gasteiger partial charge in [-0.2, -0.15) is 5.10 Å². The molecule has 5 aromatic rings. The number of benzene rings is 4. The van der Waals surface area contributed by atoms with Gasteiger partial charge >= 0.3 is 35.8 Å². The molecule has 2 fully saturated rings. The number of rotatable bonds is 34. The fraction of sp³-hybridized carbons (Fsp3) is 0.463. The van der Waals surface area contributed by atoms with E-state index in [1.807, 2.05) is 29.3 Å². The maximum Gasteiger partial charge on any atom is 0.330 e. The monoisotopic (exact) mass is 1180 g/mol. The molecule has 1 heterocycles. The highest BCUT2D eigenvalue weighted by atomic mass is 32.1. The lowest BCUT2D eigenvalue weighted by Gasteiger charge is -2.27. The van der Waals surface area contributed by atoms with E-state index in [0.717, 1.165) is 105 Å². The number of thiazole rings is 1. The Morgan fingerprint density at radius 1 is 0.553 bits per heavy atom. The Morgan fingerprint density at radius 2 is 0.988 bits per heavy atom. The number of nitrogens with zero attached hydrogens (tertiary/aromatic N) is 3. The van der Waals surface area contributed by atoms with Crippen molar-refractivity contribution in [3.8, 4) is 34.5 Å². The fourth-order valence-electron chi connectivity index (χ4n) is 10.2. The first-order chi connectivity index (χ1) is 41.4. The van der Waals surface area contributed by atoms with Crippen molar-refractivity contribution in [3.05, 3.63) is 122 Å². The van der Waals surface area contributed by atoms with Crippen LogP contribution in [0.1, 0.15) is 148 Å². The summed E-state index contributed by atoms with van der Waals surface area (Å²) in [5.41, 5.74) is 1.29. The zero-order valence-electron chi connectivity index (χ0n) is 49.1. The molecule has 0 amide bonds. The second-order valence-electron chi connectivity index (χ2n) is 21.5. The van der Waals surface area contributed by atoms with Crippen LogP contribution in [0.15, 0.2) is 121 Å². The van der Waals surface area contributed by atoms with E-state index in [9.17, 15) is 28.8 Å². The molecule has 454 valence electrons. The number of anilines is 1. The number of esters is 6. The van der Waals surface area contributed by atoms with Crippen LogP contribution in [0.4, 0.5) is 5.13 Å². The second kappa shape index (κ2) is 34.8. The third-order valence-corrected chi connectivity index (χ3v) is 16.3. The predicted octanol–water partition coefficient (Wildman–Crippen LogP) is 14.1. The minimum atomic E-state index is -0.468. The summed E-state index contributed by atoms with van der Waals surface area (Å²) in [4.78, 5) is 81.8. The van der Waals surface area contributed by atoms with Crippen molar-refractivity contribution in [2.75, 3.05) is 31.4 Å². The zero-order valence-corrected chi connectivity index (χ0v) is 49.9. The predicted molar refractivity (Wildman–Crippen MR) is 326 cm³/mol. The summed E-state index contributed by atoms with van der Waals surface area (Å²) in [5.74, 6) is -1.42. The maximum absolute atomic E-state index is 14.0. The number of carbonyl (C=O) groups is 6. The van der Waals surface area contributed by atoms with Crippen LogP contribution in [0.3, 0.4) is 0 Å². The van der Waals surface area contributed by atoms with Crippen LogP contribution in [0.2, 0.25) is 0 Å². The van der Waals surface area contributed by atoms with Crippen molar-refractivity contribution < 1.29 is 66.7 Å². The Hall–Kier alpha value is -7.86.